The Hall–Kier alpha value is -0.0800. The molecule has 0 aromatic heterocycles. The summed E-state index contributed by atoms with van der Waals surface area (Å²) >= 11 is 0. The van der Waals surface area contributed by atoms with Crippen LogP contribution in [0.3, 0.4) is 0 Å². The molecule has 9 heavy (non-hydrogen) atoms. The molecule has 0 amide bonds. The number of aliphatic hydroxyl groups is 1. The normalized spacial score (nSPS) is 14.3. The number of hydrogen-bond acceptors (Lipinski definition) is 2. The molecule has 0 aliphatic rings. The highest BCUT2D eigenvalue weighted by atomic mass is 16.3. The molecule has 0 heterocycles. The Kier molecular flexibility index (Phi) is 4.72. The molecule has 2 nitrogen and oxygen atoms in total. The van der Waals surface area contributed by atoms with E-state index in [2.05, 4.69) is 5.32 Å². The quantitative estimate of drug-likeness (QED) is 0.572. The molecule has 0 bridgehead atoms. The van der Waals surface area contributed by atoms with Crippen LogP contribution < -0.4 is 5.32 Å². The predicted octanol–water partition coefficient (Wildman–Crippen LogP) is 0.304. The Labute approximate surface area is 57.3 Å². The summed E-state index contributed by atoms with van der Waals surface area (Å²) in [5, 5.41) is 11.7. The second-order valence-corrected chi connectivity index (χ2v) is 2.44. The number of aliphatic hydroxyl groups excluding tert-OH is 1. The molecule has 0 aromatic carbocycles. The minimum Gasteiger partial charge on any atom is -0.395 e. The summed E-state index contributed by atoms with van der Waals surface area (Å²) in [5.74, 6) is 0.443. The molecule has 2 radical (unpaired) electrons. The van der Waals surface area contributed by atoms with Gasteiger partial charge in [0, 0.05) is 6.04 Å². The highest BCUT2D eigenvalue weighted by Crippen LogP contribution is 1.98. The number of hydrogen-bond donors (Lipinski definition) is 2. The molecule has 2 heteroatoms. The molecule has 2 N–H and O–H groups in total. The molecule has 0 fully saturated rings. The minimum absolute atomic E-state index is 0.148. The molecule has 0 rings (SSSR count). The van der Waals surface area contributed by atoms with Crippen LogP contribution in [-0.2, 0) is 0 Å². The average molecular weight is 129 g/mol. The summed E-state index contributed by atoms with van der Waals surface area (Å²) in [6.07, 6.45) is 0. The maximum atomic E-state index is 8.71. The summed E-state index contributed by atoms with van der Waals surface area (Å²) in [6.45, 7) is 9.91. The van der Waals surface area contributed by atoms with Crippen molar-refractivity contribution in [1.82, 2.24) is 5.32 Å². The third-order valence-corrected chi connectivity index (χ3v) is 1.38. The van der Waals surface area contributed by atoms with E-state index in [0.29, 0.717) is 12.5 Å². The van der Waals surface area contributed by atoms with Crippen molar-refractivity contribution in [1.29, 1.82) is 0 Å². The first-order valence-electron chi connectivity index (χ1n) is 3.26. The van der Waals surface area contributed by atoms with Crippen LogP contribution in [-0.4, -0.2) is 24.3 Å². The SMILES string of the molecule is [CH]CN[C@@H](CO)C(C)C. The molecular formula is C7H15NO. The van der Waals surface area contributed by atoms with Crippen LogP contribution in [0.5, 0.6) is 0 Å². The van der Waals surface area contributed by atoms with Gasteiger partial charge in [-0.2, -0.15) is 0 Å². The van der Waals surface area contributed by atoms with Gasteiger partial charge in [-0.3, -0.25) is 0 Å². The molecule has 0 saturated carbocycles. The standard InChI is InChI=1S/C7H15NO/c1-4-8-7(5-9)6(2)3/h1,6-9H,4-5H2,2-3H3/t7-/m0/s1. The zero-order valence-corrected chi connectivity index (χ0v) is 6.09. The molecular weight excluding hydrogens is 114 g/mol. The predicted molar refractivity (Wildman–Crippen MR) is 38.0 cm³/mol. The Balaban J connectivity index is 3.41. The van der Waals surface area contributed by atoms with Gasteiger partial charge in [0.2, 0.25) is 0 Å². The molecule has 54 valence electrons. The van der Waals surface area contributed by atoms with Gasteiger partial charge in [-0.15, -0.1) is 0 Å². The van der Waals surface area contributed by atoms with Crippen molar-refractivity contribution >= 4 is 0 Å². The second-order valence-electron chi connectivity index (χ2n) is 2.44. The van der Waals surface area contributed by atoms with Gasteiger partial charge < -0.3 is 10.4 Å². The van der Waals surface area contributed by atoms with E-state index in [1.54, 1.807) is 0 Å². The van der Waals surface area contributed by atoms with E-state index < -0.39 is 0 Å². The van der Waals surface area contributed by atoms with Crippen molar-refractivity contribution in [3.63, 3.8) is 0 Å². The van der Waals surface area contributed by atoms with Crippen LogP contribution in [0.4, 0.5) is 0 Å². The third-order valence-electron chi connectivity index (χ3n) is 1.38. The van der Waals surface area contributed by atoms with Gasteiger partial charge >= 0.3 is 0 Å². The molecule has 0 aliphatic heterocycles. The number of rotatable bonds is 4. The summed E-state index contributed by atoms with van der Waals surface area (Å²) in [5.41, 5.74) is 0. The van der Waals surface area contributed by atoms with Crippen LogP contribution in [0.25, 0.3) is 0 Å². The summed E-state index contributed by atoms with van der Waals surface area (Å²) in [6, 6.07) is 0.148. The molecule has 0 aliphatic carbocycles. The van der Waals surface area contributed by atoms with Crippen LogP contribution in [0.1, 0.15) is 13.8 Å². The topological polar surface area (TPSA) is 32.3 Å². The summed E-state index contributed by atoms with van der Waals surface area (Å²) < 4.78 is 0. The van der Waals surface area contributed by atoms with Crippen molar-refractivity contribution in [2.24, 2.45) is 5.92 Å². The Morgan fingerprint density at radius 1 is 1.56 bits per heavy atom. The van der Waals surface area contributed by atoms with E-state index >= 15 is 0 Å². The highest BCUT2D eigenvalue weighted by molar-refractivity contribution is 4.68. The minimum atomic E-state index is 0.148. The van der Waals surface area contributed by atoms with E-state index in [1.165, 1.54) is 0 Å². The Morgan fingerprint density at radius 3 is 2.22 bits per heavy atom. The highest BCUT2D eigenvalue weighted by Gasteiger charge is 2.08. The fourth-order valence-corrected chi connectivity index (χ4v) is 0.662. The maximum Gasteiger partial charge on any atom is 0.0587 e. The second kappa shape index (κ2) is 4.77. The molecule has 0 unspecified atom stereocenters. The monoisotopic (exact) mass is 129 g/mol. The average Bonchev–Trinajstić information content (AvgIpc) is 1.82. The number of nitrogens with one attached hydrogen (secondary N) is 1. The smallest absolute Gasteiger partial charge is 0.0587 e. The largest absolute Gasteiger partial charge is 0.395 e. The van der Waals surface area contributed by atoms with E-state index in [4.69, 9.17) is 12.0 Å². The van der Waals surface area contributed by atoms with Gasteiger partial charge in [0.25, 0.3) is 0 Å². The van der Waals surface area contributed by atoms with E-state index in [-0.39, 0.29) is 12.6 Å². The fourth-order valence-electron chi connectivity index (χ4n) is 0.662. The van der Waals surface area contributed by atoms with Crippen LogP contribution >= 0.6 is 0 Å². The van der Waals surface area contributed by atoms with Gasteiger partial charge in [-0.25, -0.2) is 0 Å². The summed E-state index contributed by atoms with van der Waals surface area (Å²) in [7, 11) is 0. The van der Waals surface area contributed by atoms with E-state index in [9.17, 15) is 0 Å². The van der Waals surface area contributed by atoms with Gasteiger partial charge in [-0.05, 0) is 19.4 Å². The van der Waals surface area contributed by atoms with Crippen molar-refractivity contribution in [3.8, 4) is 0 Å². The summed E-state index contributed by atoms with van der Waals surface area (Å²) in [4.78, 5) is 0. The van der Waals surface area contributed by atoms with Crippen molar-refractivity contribution < 1.29 is 5.11 Å². The van der Waals surface area contributed by atoms with Crippen molar-refractivity contribution in [2.45, 2.75) is 19.9 Å². The lowest BCUT2D eigenvalue weighted by molar-refractivity contribution is 0.214. The Bertz CT molecular complexity index is 63.9. The van der Waals surface area contributed by atoms with Gasteiger partial charge in [0.1, 0.15) is 0 Å². The lowest BCUT2D eigenvalue weighted by Gasteiger charge is -2.18. The van der Waals surface area contributed by atoms with Crippen LogP contribution in [0.2, 0.25) is 0 Å². The van der Waals surface area contributed by atoms with E-state index in [0.717, 1.165) is 0 Å². The third kappa shape index (κ3) is 3.49. The van der Waals surface area contributed by atoms with Crippen molar-refractivity contribution in [2.75, 3.05) is 13.2 Å². The molecule has 0 aromatic rings. The van der Waals surface area contributed by atoms with Crippen molar-refractivity contribution in [3.05, 3.63) is 6.92 Å². The lowest BCUT2D eigenvalue weighted by atomic mass is 10.1. The maximum absolute atomic E-state index is 8.71. The van der Waals surface area contributed by atoms with E-state index in [1.807, 2.05) is 13.8 Å². The first kappa shape index (κ1) is 8.92. The van der Waals surface area contributed by atoms with Crippen LogP contribution in [0.15, 0.2) is 0 Å². The van der Waals surface area contributed by atoms with Gasteiger partial charge in [-0.1, -0.05) is 13.8 Å². The zero-order valence-electron chi connectivity index (χ0n) is 6.09. The lowest BCUT2D eigenvalue weighted by Crippen LogP contribution is -2.36. The molecule has 1 atom stereocenters. The first-order chi connectivity index (χ1) is 4.22. The molecule has 0 spiro atoms. The first-order valence-corrected chi connectivity index (χ1v) is 3.26. The van der Waals surface area contributed by atoms with Gasteiger partial charge in [0.05, 0.1) is 6.61 Å². The zero-order chi connectivity index (χ0) is 7.28. The molecule has 0 saturated heterocycles. The fraction of sp³-hybridized carbons (Fsp3) is 0.857. The van der Waals surface area contributed by atoms with Gasteiger partial charge in [0.15, 0.2) is 0 Å². The Morgan fingerprint density at radius 2 is 2.11 bits per heavy atom. The van der Waals surface area contributed by atoms with Crippen LogP contribution in [0, 0.1) is 12.8 Å².